The Kier molecular flexibility index (Phi) is 4.53. The first-order valence-electron chi connectivity index (χ1n) is 10.1. The van der Waals surface area contributed by atoms with E-state index in [0.717, 1.165) is 41.8 Å². The summed E-state index contributed by atoms with van der Waals surface area (Å²) in [6, 6.07) is 6.72. The van der Waals surface area contributed by atoms with Gasteiger partial charge in [-0.15, -0.1) is 10.2 Å². The first-order chi connectivity index (χ1) is 14.0. The van der Waals surface area contributed by atoms with Gasteiger partial charge in [-0.05, 0) is 73.6 Å². The minimum atomic E-state index is -0.477. The highest BCUT2D eigenvalue weighted by Crippen LogP contribution is 2.55. The Morgan fingerprint density at radius 3 is 2.41 bits per heavy atom. The summed E-state index contributed by atoms with van der Waals surface area (Å²) >= 11 is 6.14. The van der Waals surface area contributed by atoms with E-state index in [1.54, 1.807) is 12.1 Å². The van der Waals surface area contributed by atoms with E-state index in [2.05, 4.69) is 26.0 Å². The van der Waals surface area contributed by atoms with Crippen LogP contribution in [-0.4, -0.2) is 37.7 Å². The molecule has 0 atom stereocenters. The van der Waals surface area contributed by atoms with Crippen molar-refractivity contribution < 1.29 is 9.59 Å². The van der Waals surface area contributed by atoms with Crippen LogP contribution in [0.3, 0.4) is 0 Å². The van der Waals surface area contributed by atoms with Gasteiger partial charge in [0.05, 0.1) is 5.02 Å². The zero-order chi connectivity index (χ0) is 20.0. The molecule has 4 aliphatic rings. The number of hydrogen-bond acceptors (Lipinski definition) is 5. The number of carbonyl (C=O) groups is 2. The van der Waals surface area contributed by atoms with Crippen molar-refractivity contribution in [2.75, 3.05) is 0 Å². The van der Waals surface area contributed by atoms with E-state index in [-0.39, 0.29) is 12.1 Å². The number of imide groups is 1. The third-order valence-corrected chi connectivity index (χ3v) is 6.85. The number of carbonyl (C=O) groups excluding carboxylic acids is 2. The molecule has 2 N–H and O–H groups in total. The molecule has 3 amide bonds. The Balaban J connectivity index is 1.18. The van der Waals surface area contributed by atoms with Crippen LogP contribution in [0.1, 0.15) is 38.5 Å². The maximum absolute atomic E-state index is 12.5. The summed E-state index contributed by atoms with van der Waals surface area (Å²) in [6.07, 6.45) is 7.00. The van der Waals surface area contributed by atoms with Gasteiger partial charge in [-0.1, -0.05) is 23.7 Å². The second kappa shape index (κ2) is 7.09. The average molecular weight is 415 g/mol. The number of urea groups is 1. The van der Waals surface area contributed by atoms with Crippen LogP contribution in [0, 0.1) is 17.8 Å². The van der Waals surface area contributed by atoms with Gasteiger partial charge in [0.25, 0.3) is 5.91 Å². The average Bonchev–Trinajstić information content (AvgIpc) is 3.08. The quantitative estimate of drug-likeness (QED) is 0.800. The van der Waals surface area contributed by atoms with Gasteiger partial charge >= 0.3 is 6.03 Å². The number of nitrogens with zero attached hydrogens (tertiary/aromatic N) is 4. The molecule has 1 aromatic heterocycles. The molecule has 1 aromatic carbocycles. The van der Waals surface area contributed by atoms with Crippen LogP contribution in [0.15, 0.2) is 24.3 Å². The number of rotatable bonds is 4. The Hall–Kier alpha value is -2.48. The van der Waals surface area contributed by atoms with Crippen molar-refractivity contribution in [3.8, 4) is 11.4 Å². The minimum Gasteiger partial charge on any atom is -0.332 e. The predicted molar refractivity (Wildman–Crippen MR) is 106 cm³/mol. The highest BCUT2D eigenvalue weighted by atomic mass is 35.5. The largest absolute Gasteiger partial charge is 0.332 e. The normalized spacial score (nSPS) is 29.6. The molecule has 1 heterocycles. The Bertz CT molecular complexity index is 923. The van der Waals surface area contributed by atoms with Crippen molar-refractivity contribution in [3.63, 3.8) is 0 Å². The van der Waals surface area contributed by atoms with Gasteiger partial charge in [0, 0.05) is 11.1 Å². The van der Waals surface area contributed by atoms with E-state index in [1.165, 1.54) is 19.3 Å². The van der Waals surface area contributed by atoms with Crippen LogP contribution in [0.2, 0.25) is 5.02 Å². The third kappa shape index (κ3) is 3.73. The predicted octanol–water partition coefficient (Wildman–Crippen LogP) is 2.79. The van der Waals surface area contributed by atoms with Crippen LogP contribution >= 0.6 is 11.6 Å². The van der Waals surface area contributed by atoms with Crippen molar-refractivity contribution >= 4 is 23.5 Å². The molecule has 29 heavy (non-hydrogen) atoms. The number of amides is 3. The fourth-order valence-corrected chi connectivity index (χ4v) is 6.11. The molecule has 4 bridgehead atoms. The van der Waals surface area contributed by atoms with Crippen molar-refractivity contribution in [3.05, 3.63) is 29.3 Å². The molecule has 152 valence electrons. The summed E-state index contributed by atoms with van der Waals surface area (Å²) in [6.45, 7) is -0.189. The number of hydrogen-bond donors (Lipinski definition) is 2. The van der Waals surface area contributed by atoms with Crippen molar-refractivity contribution in [2.45, 2.75) is 50.6 Å². The zero-order valence-corrected chi connectivity index (χ0v) is 16.7. The van der Waals surface area contributed by atoms with E-state index < -0.39 is 11.9 Å². The van der Waals surface area contributed by atoms with Crippen LogP contribution in [-0.2, 0) is 11.3 Å². The standard InChI is InChI=1S/C20H23ClN6O2/c21-16-4-2-1-3-15(16)18-24-26-27(25-18)11-17(28)22-19(29)23-20-8-12-5-13(9-20)7-14(6-12)10-20/h1-4,12-14H,5-11H2,(H2,22,23,28,29). The molecular formula is C20H23ClN6O2. The van der Waals surface area contributed by atoms with Crippen molar-refractivity contribution in [2.24, 2.45) is 17.8 Å². The first-order valence-corrected chi connectivity index (χ1v) is 10.5. The van der Waals surface area contributed by atoms with E-state index in [0.29, 0.717) is 16.4 Å². The van der Waals surface area contributed by atoms with Gasteiger partial charge in [-0.3, -0.25) is 10.1 Å². The Morgan fingerprint density at radius 1 is 1.10 bits per heavy atom. The van der Waals surface area contributed by atoms with Gasteiger partial charge in [0.1, 0.15) is 6.54 Å². The number of benzene rings is 1. The molecule has 4 saturated carbocycles. The lowest BCUT2D eigenvalue weighted by Crippen LogP contribution is -2.62. The molecule has 0 spiro atoms. The molecule has 0 aliphatic heterocycles. The Morgan fingerprint density at radius 2 is 1.76 bits per heavy atom. The fraction of sp³-hybridized carbons (Fsp3) is 0.550. The summed E-state index contributed by atoms with van der Waals surface area (Å²) in [4.78, 5) is 25.9. The van der Waals surface area contributed by atoms with Gasteiger partial charge in [-0.25, -0.2) is 4.79 Å². The van der Waals surface area contributed by atoms with E-state index >= 15 is 0 Å². The molecule has 4 aliphatic carbocycles. The molecule has 9 heteroatoms. The zero-order valence-electron chi connectivity index (χ0n) is 16.0. The monoisotopic (exact) mass is 414 g/mol. The van der Waals surface area contributed by atoms with E-state index in [1.807, 2.05) is 12.1 Å². The molecule has 2 aromatic rings. The van der Waals surface area contributed by atoms with Crippen LogP contribution < -0.4 is 10.6 Å². The third-order valence-electron chi connectivity index (χ3n) is 6.52. The Labute approximate surface area is 173 Å². The summed E-state index contributed by atoms with van der Waals surface area (Å²) in [7, 11) is 0. The van der Waals surface area contributed by atoms with Gasteiger partial charge in [-0.2, -0.15) is 4.80 Å². The molecule has 0 saturated heterocycles. The molecule has 0 radical (unpaired) electrons. The van der Waals surface area contributed by atoms with E-state index in [4.69, 9.17) is 11.6 Å². The van der Waals surface area contributed by atoms with E-state index in [9.17, 15) is 9.59 Å². The van der Waals surface area contributed by atoms with Crippen molar-refractivity contribution in [1.29, 1.82) is 0 Å². The lowest BCUT2D eigenvalue weighted by atomic mass is 9.53. The molecule has 8 nitrogen and oxygen atoms in total. The second-order valence-corrected chi connectivity index (χ2v) is 9.23. The fourth-order valence-electron chi connectivity index (χ4n) is 5.89. The van der Waals surface area contributed by atoms with Gasteiger partial charge < -0.3 is 5.32 Å². The molecular weight excluding hydrogens is 392 g/mol. The summed E-state index contributed by atoms with van der Waals surface area (Å²) in [5.41, 5.74) is 0.502. The topological polar surface area (TPSA) is 102 Å². The highest BCUT2D eigenvalue weighted by molar-refractivity contribution is 6.33. The lowest BCUT2D eigenvalue weighted by Gasteiger charge is -2.56. The summed E-state index contributed by atoms with van der Waals surface area (Å²) < 4.78 is 0. The van der Waals surface area contributed by atoms with Crippen LogP contribution in [0.4, 0.5) is 4.79 Å². The maximum atomic E-state index is 12.5. The molecule has 4 fully saturated rings. The molecule has 6 rings (SSSR count). The van der Waals surface area contributed by atoms with Crippen LogP contribution in [0.25, 0.3) is 11.4 Å². The lowest BCUT2D eigenvalue weighted by molar-refractivity contribution is -0.121. The molecule has 0 unspecified atom stereocenters. The smallest absolute Gasteiger partial charge is 0.321 e. The summed E-state index contributed by atoms with van der Waals surface area (Å²) in [5, 5.41) is 18.1. The maximum Gasteiger partial charge on any atom is 0.321 e. The minimum absolute atomic E-state index is 0.137. The second-order valence-electron chi connectivity index (χ2n) is 8.82. The van der Waals surface area contributed by atoms with Gasteiger partial charge in [0.2, 0.25) is 5.82 Å². The summed E-state index contributed by atoms with van der Waals surface area (Å²) in [5.74, 6) is 2.02. The van der Waals surface area contributed by atoms with Crippen molar-refractivity contribution in [1.82, 2.24) is 30.8 Å². The number of tetrazole rings is 1. The van der Waals surface area contributed by atoms with Gasteiger partial charge in [0.15, 0.2) is 0 Å². The highest BCUT2D eigenvalue weighted by Gasteiger charge is 2.51. The first kappa shape index (κ1) is 18.5. The number of aromatic nitrogens is 4. The number of nitrogens with one attached hydrogen (secondary N) is 2. The SMILES string of the molecule is O=C(Cn1nnc(-c2ccccc2Cl)n1)NC(=O)NC12CC3CC(CC(C3)C1)C2. The number of halogens is 1. The van der Waals surface area contributed by atoms with Crippen LogP contribution in [0.5, 0.6) is 0 Å².